The number of rotatable bonds is 6. The minimum absolute atomic E-state index is 0.750. The summed E-state index contributed by atoms with van der Waals surface area (Å²) in [5, 5.41) is 0. The molecule has 1 aromatic carbocycles. The third-order valence-corrected chi connectivity index (χ3v) is 2.80. The van der Waals surface area contributed by atoms with Gasteiger partial charge in [-0.3, -0.25) is 4.90 Å². The van der Waals surface area contributed by atoms with Crippen molar-refractivity contribution in [2.75, 3.05) is 32.5 Å². The van der Waals surface area contributed by atoms with E-state index in [1.54, 1.807) is 0 Å². The van der Waals surface area contributed by atoms with Crippen LogP contribution in [0.15, 0.2) is 18.2 Å². The smallest absolute Gasteiger partial charge is 0.121 e. The Kier molecular flexibility index (Phi) is 4.17. The van der Waals surface area contributed by atoms with Crippen LogP contribution in [0.5, 0.6) is 0 Å². The molecule has 1 heterocycles. The number of hydrogen-bond acceptors (Lipinski definition) is 4. The molecule has 0 amide bonds. The summed E-state index contributed by atoms with van der Waals surface area (Å²) in [4.78, 5) is 9.99. The van der Waals surface area contributed by atoms with E-state index in [9.17, 15) is 0 Å². The van der Waals surface area contributed by atoms with Crippen molar-refractivity contribution in [3.63, 3.8) is 0 Å². The fourth-order valence-electron chi connectivity index (χ4n) is 1.85. The van der Waals surface area contributed by atoms with Gasteiger partial charge in [0, 0.05) is 18.8 Å². The van der Waals surface area contributed by atoms with Gasteiger partial charge >= 0.3 is 0 Å². The van der Waals surface area contributed by atoms with Gasteiger partial charge < -0.3 is 15.5 Å². The first-order valence-electron chi connectivity index (χ1n) is 6.19. The lowest BCUT2D eigenvalue weighted by Crippen LogP contribution is -2.23. The summed E-state index contributed by atoms with van der Waals surface area (Å²) in [6.07, 6.45) is 0. The molecule has 0 fully saturated rings. The van der Waals surface area contributed by atoms with Crippen molar-refractivity contribution >= 4 is 16.7 Å². The summed E-state index contributed by atoms with van der Waals surface area (Å²) in [5.74, 6) is 0.953. The summed E-state index contributed by atoms with van der Waals surface area (Å²) < 4.78 is 5.33. The number of anilines is 1. The maximum absolute atomic E-state index is 5.74. The highest BCUT2D eigenvalue weighted by Gasteiger charge is 2.06. The SMILES string of the molecule is CCOCCN(C)Cc1nc2ccc(N)cc2[nH]1. The third kappa shape index (κ3) is 3.21. The largest absolute Gasteiger partial charge is 0.399 e. The van der Waals surface area contributed by atoms with Gasteiger partial charge in [-0.25, -0.2) is 4.98 Å². The maximum atomic E-state index is 5.74. The number of fused-ring (bicyclic) bond motifs is 1. The van der Waals surface area contributed by atoms with Crippen molar-refractivity contribution in [3.8, 4) is 0 Å². The van der Waals surface area contributed by atoms with Crippen molar-refractivity contribution < 1.29 is 4.74 Å². The molecule has 0 spiro atoms. The first-order chi connectivity index (χ1) is 8.69. The van der Waals surface area contributed by atoms with Crippen molar-refractivity contribution in [2.45, 2.75) is 13.5 Å². The monoisotopic (exact) mass is 248 g/mol. The first kappa shape index (κ1) is 12.9. The van der Waals surface area contributed by atoms with Crippen molar-refractivity contribution in [1.82, 2.24) is 14.9 Å². The molecule has 0 aliphatic rings. The van der Waals surface area contributed by atoms with E-state index in [1.165, 1.54) is 0 Å². The highest BCUT2D eigenvalue weighted by atomic mass is 16.5. The number of nitrogens with zero attached hydrogens (tertiary/aromatic N) is 2. The van der Waals surface area contributed by atoms with Crippen molar-refractivity contribution in [3.05, 3.63) is 24.0 Å². The molecule has 3 N–H and O–H groups in total. The molecule has 0 saturated carbocycles. The second-order valence-corrected chi connectivity index (χ2v) is 4.39. The van der Waals surface area contributed by atoms with E-state index in [0.29, 0.717) is 0 Å². The lowest BCUT2D eigenvalue weighted by molar-refractivity contribution is 0.119. The van der Waals surface area contributed by atoms with Gasteiger partial charge in [-0.05, 0) is 32.2 Å². The number of H-pyrrole nitrogens is 1. The molecule has 0 atom stereocenters. The molecule has 98 valence electrons. The van der Waals surface area contributed by atoms with Crippen LogP contribution >= 0.6 is 0 Å². The van der Waals surface area contributed by atoms with Gasteiger partial charge in [-0.2, -0.15) is 0 Å². The number of aromatic amines is 1. The van der Waals surface area contributed by atoms with E-state index in [4.69, 9.17) is 10.5 Å². The predicted molar refractivity (Wildman–Crippen MR) is 73.3 cm³/mol. The highest BCUT2D eigenvalue weighted by Crippen LogP contribution is 2.15. The highest BCUT2D eigenvalue weighted by molar-refractivity contribution is 5.78. The van der Waals surface area contributed by atoms with E-state index < -0.39 is 0 Å². The molecule has 0 radical (unpaired) electrons. The Morgan fingerprint density at radius 1 is 1.44 bits per heavy atom. The fourth-order valence-corrected chi connectivity index (χ4v) is 1.85. The minimum Gasteiger partial charge on any atom is -0.399 e. The Balaban J connectivity index is 1.98. The molecule has 5 heteroatoms. The molecule has 0 aliphatic heterocycles. The van der Waals surface area contributed by atoms with E-state index in [-0.39, 0.29) is 0 Å². The molecule has 2 rings (SSSR count). The first-order valence-corrected chi connectivity index (χ1v) is 6.19. The summed E-state index contributed by atoms with van der Waals surface area (Å²) >= 11 is 0. The summed E-state index contributed by atoms with van der Waals surface area (Å²) in [5.41, 5.74) is 8.44. The van der Waals surface area contributed by atoms with Crippen LogP contribution in [0.25, 0.3) is 11.0 Å². The lowest BCUT2D eigenvalue weighted by Gasteiger charge is -2.14. The fraction of sp³-hybridized carbons (Fsp3) is 0.462. The number of likely N-dealkylation sites (N-methyl/N-ethyl adjacent to an activating group) is 1. The molecule has 0 aliphatic carbocycles. The van der Waals surface area contributed by atoms with Gasteiger partial charge in [-0.15, -0.1) is 0 Å². The number of ether oxygens (including phenoxy) is 1. The standard InChI is InChI=1S/C13H20N4O/c1-3-18-7-6-17(2)9-13-15-11-5-4-10(14)8-12(11)16-13/h4-5,8H,3,6-7,9,14H2,1-2H3,(H,15,16). The molecule has 0 unspecified atom stereocenters. The molecule has 5 nitrogen and oxygen atoms in total. The van der Waals surface area contributed by atoms with E-state index >= 15 is 0 Å². The van der Waals surface area contributed by atoms with Crippen molar-refractivity contribution in [1.29, 1.82) is 0 Å². The predicted octanol–water partition coefficient (Wildman–Crippen LogP) is 1.61. The second-order valence-electron chi connectivity index (χ2n) is 4.39. The van der Waals surface area contributed by atoms with E-state index in [0.717, 1.165) is 48.8 Å². The van der Waals surface area contributed by atoms with Crippen LogP contribution in [0.3, 0.4) is 0 Å². The molecule has 1 aromatic heterocycles. The summed E-state index contributed by atoms with van der Waals surface area (Å²) in [7, 11) is 2.06. The third-order valence-electron chi connectivity index (χ3n) is 2.80. The Morgan fingerprint density at radius 2 is 2.28 bits per heavy atom. The molecule has 0 bridgehead atoms. The zero-order chi connectivity index (χ0) is 13.0. The zero-order valence-corrected chi connectivity index (χ0v) is 10.9. The van der Waals surface area contributed by atoms with Crippen LogP contribution in [0.1, 0.15) is 12.7 Å². The average molecular weight is 248 g/mol. The second kappa shape index (κ2) is 5.84. The van der Waals surface area contributed by atoms with Crippen LogP contribution in [0.4, 0.5) is 5.69 Å². The average Bonchev–Trinajstić information content (AvgIpc) is 2.70. The molecule has 2 aromatic rings. The van der Waals surface area contributed by atoms with Gasteiger partial charge in [0.1, 0.15) is 5.82 Å². The van der Waals surface area contributed by atoms with Crippen LogP contribution in [0, 0.1) is 0 Å². The van der Waals surface area contributed by atoms with Crippen molar-refractivity contribution in [2.24, 2.45) is 0 Å². The number of benzene rings is 1. The quantitative estimate of drug-likeness (QED) is 0.602. The molecule has 18 heavy (non-hydrogen) atoms. The molecular weight excluding hydrogens is 228 g/mol. The summed E-state index contributed by atoms with van der Waals surface area (Å²) in [6.45, 7) is 5.19. The van der Waals surface area contributed by atoms with Crippen LogP contribution in [-0.2, 0) is 11.3 Å². The Bertz CT molecular complexity index is 509. The van der Waals surface area contributed by atoms with Gasteiger partial charge in [0.15, 0.2) is 0 Å². The number of nitrogens with one attached hydrogen (secondary N) is 1. The number of nitrogens with two attached hydrogens (primary N) is 1. The van der Waals surface area contributed by atoms with Crippen LogP contribution in [0.2, 0.25) is 0 Å². The topological polar surface area (TPSA) is 67.2 Å². The Hall–Kier alpha value is -1.59. The van der Waals surface area contributed by atoms with E-state index in [2.05, 4.69) is 21.9 Å². The number of nitrogen functional groups attached to an aromatic ring is 1. The summed E-state index contributed by atoms with van der Waals surface area (Å²) in [6, 6.07) is 5.71. The van der Waals surface area contributed by atoms with Crippen LogP contribution < -0.4 is 5.73 Å². The molecule has 0 saturated heterocycles. The van der Waals surface area contributed by atoms with Gasteiger partial charge in [-0.1, -0.05) is 0 Å². The molecular formula is C13H20N4O. The lowest BCUT2D eigenvalue weighted by atomic mass is 10.3. The van der Waals surface area contributed by atoms with Gasteiger partial charge in [0.05, 0.1) is 24.2 Å². The zero-order valence-electron chi connectivity index (χ0n) is 10.9. The maximum Gasteiger partial charge on any atom is 0.121 e. The number of aromatic nitrogens is 2. The Morgan fingerprint density at radius 3 is 3.06 bits per heavy atom. The van der Waals surface area contributed by atoms with Crippen LogP contribution in [-0.4, -0.2) is 41.7 Å². The minimum atomic E-state index is 0.750. The number of hydrogen-bond donors (Lipinski definition) is 2. The van der Waals surface area contributed by atoms with Gasteiger partial charge in [0.25, 0.3) is 0 Å². The normalized spacial score (nSPS) is 11.5. The Labute approximate surface area is 107 Å². The number of imidazole rings is 1. The van der Waals surface area contributed by atoms with Gasteiger partial charge in [0.2, 0.25) is 0 Å². The van der Waals surface area contributed by atoms with E-state index in [1.807, 2.05) is 25.1 Å².